The van der Waals surface area contributed by atoms with E-state index in [4.69, 9.17) is 5.73 Å². The molecule has 37 heavy (non-hydrogen) atoms. The number of terminal acetylenes is 1. The molecule has 3 nitrogen and oxygen atoms in total. The van der Waals surface area contributed by atoms with Crippen LogP contribution in [0.4, 0.5) is 19.0 Å². The zero-order valence-corrected chi connectivity index (χ0v) is 29.3. The third-order valence-corrected chi connectivity index (χ3v) is 5.45. The van der Waals surface area contributed by atoms with Gasteiger partial charge in [-0.2, -0.15) is 13.2 Å². The number of piperidine rings is 1. The van der Waals surface area contributed by atoms with E-state index < -0.39 is 11.7 Å². The Morgan fingerprint density at radius 2 is 1.86 bits per heavy atom. The molecule has 0 saturated carbocycles. The molecule has 1 aliphatic heterocycles. The maximum atomic E-state index is 12.5. The predicted molar refractivity (Wildman–Crippen MR) is 169 cm³/mol. The van der Waals surface area contributed by atoms with Gasteiger partial charge < -0.3 is 11.1 Å². The van der Waals surface area contributed by atoms with Gasteiger partial charge in [0.25, 0.3) is 0 Å². The van der Waals surface area contributed by atoms with Gasteiger partial charge in [0.2, 0.25) is 0 Å². The Bertz CT molecular complexity index is 1010. The number of alkyl halides is 3. The molecule has 3 rings (SSSR count). The van der Waals surface area contributed by atoms with Crippen molar-refractivity contribution >= 4 is 70.4 Å². The fourth-order valence-electron chi connectivity index (χ4n) is 3.17. The molecule has 1 unspecified atom stereocenters. The summed E-state index contributed by atoms with van der Waals surface area (Å²) >= 11 is 3.56. The van der Waals surface area contributed by atoms with Crippen LogP contribution in [-0.2, 0) is 0 Å². The Hall–Kier alpha value is -1.12. The summed E-state index contributed by atoms with van der Waals surface area (Å²) < 4.78 is 37.5. The van der Waals surface area contributed by atoms with Gasteiger partial charge in [0, 0.05) is 29.4 Å². The van der Waals surface area contributed by atoms with E-state index in [1.54, 1.807) is 6.20 Å². The van der Waals surface area contributed by atoms with E-state index in [-0.39, 0.29) is 5.92 Å². The molecule has 1 aromatic carbocycles. The minimum absolute atomic E-state index is 0.0829. The van der Waals surface area contributed by atoms with Gasteiger partial charge in [0.05, 0.1) is 0 Å². The van der Waals surface area contributed by atoms with Gasteiger partial charge in [-0.15, -0.1) is 22.1 Å². The molecule has 1 saturated heterocycles. The zero-order valence-electron chi connectivity index (χ0n) is 22.1. The molecule has 3 N–H and O–H groups in total. The van der Waals surface area contributed by atoms with E-state index in [0.29, 0.717) is 12.2 Å². The van der Waals surface area contributed by atoms with E-state index in [1.165, 1.54) is 27.6 Å². The molecule has 0 spiro atoms. The second-order valence-corrected chi connectivity index (χ2v) is 8.56. The van der Waals surface area contributed by atoms with Gasteiger partial charge in [-0.1, -0.05) is 64.1 Å². The number of pyridine rings is 1. The molecule has 9 heteroatoms. The summed E-state index contributed by atoms with van der Waals surface area (Å²) in [4.78, 5) is 4.02. The average molecular weight is 840 g/mol. The first-order valence-electron chi connectivity index (χ1n) is 11.9. The Balaban J connectivity index is 0. The third-order valence-electron chi connectivity index (χ3n) is 5.10. The first-order chi connectivity index (χ1) is 17.6. The van der Waals surface area contributed by atoms with Gasteiger partial charge in [0.1, 0.15) is 5.82 Å². The number of nitrogens with zero attached hydrogens (tertiary/aromatic N) is 1. The number of anilines is 1. The number of fused-ring (bicyclic) bond motifs is 1. The molecule has 1 aliphatic rings. The summed E-state index contributed by atoms with van der Waals surface area (Å²) in [5, 5.41) is 6.56. The molecule has 1 atom stereocenters. The zero-order chi connectivity index (χ0) is 29.0. The normalized spacial score (nSPS) is 13.9. The number of nitrogens with one attached hydrogen (secondary N) is 1. The Labute approximate surface area is 248 Å². The van der Waals surface area contributed by atoms with Gasteiger partial charge in [-0.3, -0.25) is 0 Å². The molecule has 1 fully saturated rings. The van der Waals surface area contributed by atoms with Crippen LogP contribution < -0.4 is 16.4 Å². The van der Waals surface area contributed by atoms with Gasteiger partial charge in [0.15, 0.2) is 0 Å². The number of rotatable bonds is 4. The first-order valence-corrected chi connectivity index (χ1v) is 23.4. The first kappa shape index (κ1) is 38.0. The second kappa shape index (κ2) is 21.8. The van der Waals surface area contributed by atoms with Crippen LogP contribution in [0.5, 0.6) is 0 Å². The number of hydrogen-bond donors (Lipinski definition) is 2. The molecule has 0 bridgehead atoms. The van der Waals surface area contributed by atoms with E-state index in [0.717, 1.165) is 53.2 Å². The van der Waals surface area contributed by atoms with Gasteiger partial charge in [-0.25, -0.2) is 4.98 Å². The van der Waals surface area contributed by atoms with E-state index in [1.807, 2.05) is 58.0 Å². The predicted octanol–water partition coefficient (Wildman–Crippen LogP) is 7.83. The van der Waals surface area contributed by atoms with Crippen molar-refractivity contribution < 1.29 is 13.2 Å². The van der Waals surface area contributed by atoms with Crippen molar-refractivity contribution in [2.45, 2.75) is 59.6 Å². The summed E-state index contributed by atoms with van der Waals surface area (Å²) in [7, 11) is 2.64. The van der Waals surface area contributed by atoms with Crippen LogP contribution >= 0.6 is 27.0 Å². The molecular weight excluding hydrogens is 800 g/mol. The summed E-state index contributed by atoms with van der Waals surface area (Å²) in [6.07, 6.45) is 12.4. The molecule has 2 heterocycles. The number of halogens is 4. The number of allylic oxidation sites excluding steroid dienone is 5. The molecule has 0 aliphatic carbocycles. The number of hydrogen-bond acceptors (Lipinski definition) is 3. The summed E-state index contributed by atoms with van der Waals surface area (Å²) in [5.41, 5.74) is 6.85. The molecule has 1 aromatic heterocycles. The standard InChI is InChI=1S/C15H22F3N.C9H9N2P.C2H6.C2H2.HI.Pb/c1-11(2)13(10-12(3)15(16,17)18)7-8-14-6-4-5-9-19-14;10-9-8-5-7(12)2-1-6(8)3-4-11-9;2*1-2;;/h8,10-11,19H,3-7,9H2,1-2H3;1-5H,12H2,(H2,10,11);1-2H3;1-2H;1H;/q;;;;;+1/p-1/b13-10-,14-8-;;;;;. The maximum absolute atomic E-state index is 12.5. The minimum atomic E-state index is -4.34. The van der Waals surface area contributed by atoms with Crippen molar-refractivity contribution in [3.05, 3.63) is 66.0 Å². The summed E-state index contributed by atoms with van der Waals surface area (Å²) in [5.74, 6) is 0.677. The Kier molecular flexibility index (Phi) is 22.4. The topological polar surface area (TPSA) is 50.9 Å². The van der Waals surface area contributed by atoms with Crippen LogP contribution in [0.25, 0.3) is 10.8 Å². The van der Waals surface area contributed by atoms with Crippen LogP contribution in [0.2, 0.25) is 0 Å². The summed E-state index contributed by atoms with van der Waals surface area (Å²) in [6, 6.07) is 8.04. The number of benzene rings is 1. The van der Waals surface area contributed by atoms with Crippen LogP contribution in [0.15, 0.2) is 66.0 Å². The van der Waals surface area contributed by atoms with Crippen LogP contribution in [0, 0.1) is 18.8 Å². The van der Waals surface area contributed by atoms with Crippen LogP contribution in [0.1, 0.15) is 53.4 Å². The fraction of sp³-hybridized carbons (Fsp3) is 0.393. The van der Waals surface area contributed by atoms with Crippen LogP contribution in [-0.4, -0.2) is 39.2 Å². The SMILES string of the molecule is C#C.C=C(/C=C(/C/C=C1/CCCCN1)C(C)C)C(F)(F)F.CC.Nc1nccc2ccc(P)cc12.[I][Pb]. The Morgan fingerprint density at radius 3 is 2.38 bits per heavy atom. The van der Waals surface area contributed by atoms with E-state index in [9.17, 15) is 13.2 Å². The fourth-order valence-corrected chi connectivity index (χ4v) is 3.43. The monoisotopic (exact) mass is 840 g/mol. The van der Waals surface area contributed by atoms with Gasteiger partial charge in [-0.05, 0) is 54.4 Å². The number of aromatic nitrogens is 1. The van der Waals surface area contributed by atoms with E-state index in [2.05, 4.69) is 56.7 Å². The second-order valence-electron chi connectivity index (χ2n) is 7.89. The molecule has 203 valence electrons. The van der Waals surface area contributed by atoms with Crippen LogP contribution in [0.3, 0.4) is 0 Å². The van der Waals surface area contributed by atoms with Crippen molar-refractivity contribution in [3.63, 3.8) is 0 Å². The third kappa shape index (κ3) is 15.8. The van der Waals surface area contributed by atoms with Crippen molar-refractivity contribution in [2.75, 3.05) is 12.3 Å². The van der Waals surface area contributed by atoms with Gasteiger partial charge >= 0.3 is 45.4 Å². The molecule has 0 amide bonds. The molecule has 2 aromatic rings. The molecule has 3 radical (unpaired) electrons. The molecular formula is C28H39F3IN3PPb. The van der Waals surface area contributed by atoms with E-state index >= 15 is 0 Å². The van der Waals surface area contributed by atoms with Crippen molar-refractivity contribution in [2.24, 2.45) is 5.92 Å². The quantitative estimate of drug-likeness (QED) is 0.109. The van der Waals surface area contributed by atoms with Crippen molar-refractivity contribution in [1.29, 1.82) is 0 Å². The summed E-state index contributed by atoms with van der Waals surface area (Å²) in [6.45, 7) is 11.9. The number of nitrogens with two attached hydrogens (primary N) is 1. The van der Waals surface area contributed by atoms with Crippen molar-refractivity contribution in [3.8, 4) is 12.8 Å². The number of nitrogen functional groups attached to an aromatic ring is 1. The van der Waals surface area contributed by atoms with Crippen molar-refractivity contribution in [1.82, 2.24) is 10.3 Å². The Morgan fingerprint density at radius 1 is 1.24 bits per heavy atom. The average Bonchev–Trinajstić information content (AvgIpc) is 2.90.